The molecule has 188 valence electrons. The maximum absolute atomic E-state index is 12.9. The van der Waals surface area contributed by atoms with Gasteiger partial charge in [-0.15, -0.1) is 4.72 Å². The summed E-state index contributed by atoms with van der Waals surface area (Å²) < 4.78 is 18.0. The Morgan fingerprint density at radius 3 is 2.75 bits per heavy atom. The average Bonchev–Trinajstić information content (AvgIpc) is 3.27. The molecule has 0 radical (unpaired) electrons. The lowest BCUT2D eigenvalue weighted by atomic mass is 10.0. The lowest BCUT2D eigenvalue weighted by Gasteiger charge is -2.28. The van der Waals surface area contributed by atoms with Crippen LogP contribution in [0.5, 0.6) is 0 Å². The molecule has 0 amide bonds. The molecule has 0 saturated carbocycles. The van der Waals surface area contributed by atoms with E-state index in [1.165, 1.54) is 22.9 Å². The standard InChI is InChI=1S/C25H28ClN7OS2/c1-25(2,3)36(34)31-18-9-12-32(15-16-6-4-5-7-17(16)18)24-30-14-20(23-29-11-13-33(23)24)35-19-8-10-28-22(27)21(19)26/h4-8,10-11,13-14,18,31H,9,12,15H2,1-3H3,(H2,27,28)/t18-,36+/m0/s1. The summed E-state index contributed by atoms with van der Waals surface area (Å²) in [7, 11) is 0. The Hall–Kier alpha value is -2.50. The Balaban J connectivity index is 1.46. The molecule has 3 aromatic heterocycles. The minimum atomic E-state index is -1.17. The number of nitrogens with one attached hydrogen (secondary N) is 1. The van der Waals surface area contributed by atoms with Gasteiger partial charge < -0.3 is 15.2 Å². The predicted molar refractivity (Wildman–Crippen MR) is 147 cm³/mol. The quantitative estimate of drug-likeness (QED) is 0.339. The second-order valence-electron chi connectivity index (χ2n) is 9.61. The van der Waals surface area contributed by atoms with Gasteiger partial charge in [-0.1, -0.05) is 47.6 Å². The van der Waals surface area contributed by atoms with Crippen LogP contribution in [0.25, 0.3) is 5.65 Å². The summed E-state index contributed by atoms with van der Waals surface area (Å²) in [6.45, 7) is 7.39. The molecule has 0 aliphatic carbocycles. The van der Waals surface area contributed by atoms with Crippen LogP contribution in [0.3, 0.4) is 0 Å². The highest BCUT2D eigenvalue weighted by Crippen LogP contribution is 2.38. The van der Waals surface area contributed by atoms with Crippen molar-refractivity contribution in [1.82, 2.24) is 24.1 Å². The second-order valence-corrected chi connectivity index (χ2v) is 13.1. The van der Waals surface area contributed by atoms with E-state index in [2.05, 4.69) is 31.7 Å². The number of benzene rings is 1. The molecule has 1 aliphatic rings. The van der Waals surface area contributed by atoms with Crippen LogP contribution in [-0.2, 0) is 17.9 Å². The number of hydrogen-bond acceptors (Lipinski definition) is 8. The Kier molecular flexibility index (Phi) is 7.06. The molecule has 0 unspecified atom stereocenters. The maximum Gasteiger partial charge on any atom is 0.211 e. The third-order valence-electron chi connectivity index (χ3n) is 6.04. The number of rotatable bonds is 5. The highest BCUT2D eigenvalue weighted by molar-refractivity contribution is 7.99. The molecule has 8 nitrogen and oxygen atoms in total. The predicted octanol–water partition coefficient (Wildman–Crippen LogP) is 5.01. The first-order valence-electron chi connectivity index (χ1n) is 11.6. The monoisotopic (exact) mass is 541 g/mol. The number of nitrogens with zero attached hydrogens (tertiary/aromatic N) is 5. The Labute approximate surface area is 223 Å². The van der Waals surface area contributed by atoms with E-state index in [1.54, 1.807) is 12.4 Å². The molecule has 1 aromatic carbocycles. The van der Waals surface area contributed by atoms with Gasteiger partial charge in [0.25, 0.3) is 0 Å². The smallest absolute Gasteiger partial charge is 0.211 e. The number of pyridine rings is 1. The van der Waals surface area contributed by atoms with Crippen LogP contribution in [0.1, 0.15) is 44.4 Å². The summed E-state index contributed by atoms with van der Waals surface area (Å²) in [5, 5.41) is 0.423. The van der Waals surface area contributed by atoms with Gasteiger partial charge >= 0.3 is 0 Å². The van der Waals surface area contributed by atoms with Crippen LogP contribution < -0.4 is 15.4 Å². The number of fused-ring (bicyclic) bond motifs is 2. The summed E-state index contributed by atoms with van der Waals surface area (Å²) in [5.41, 5.74) is 9.04. The Morgan fingerprint density at radius 2 is 1.94 bits per heavy atom. The fourth-order valence-corrected chi connectivity index (χ4v) is 6.16. The van der Waals surface area contributed by atoms with Gasteiger partial charge in [-0.3, -0.25) is 4.40 Å². The molecule has 3 N–H and O–H groups in total. The largest absolute Gasteiger partial charge is 0.598 e. The molecule has 1 aliphatic heterocycles. The average molecular weight is 542 g/mol. The number of hydrogen-bond donors (Lipinski definition) is 2. The maximum atomic E-state index is 12.9. The molecule has 4 aromatic rings. The van der Waals surface area contributed by atoms with E-state index in [9.17, 15) is 4.55 Å². The van der Waals surface area contributed by atoms with E-state index < -0.39 is 11.4 Å². The van der Waals surface area contributed by atoms with Crippen LogP contribution in [-0.4, -0.2) is 35.2 Å². The van der Waals surface area contributed by atoms with Crippen molar-refractivity contribution in [1.29, 1.82) is 0 Å². The first-order valence-corrected chi connectivity index (χ1v) is 14.0. The fourth-order valence-electron chi connectivity index (χ4n) is 4.17. The number of aromatic nitrogens is 4. The summed E-state index contributed by atoms with van der Waals surface area (Å²) in [4.78, 5) is 17.4. The van der Waals surface area contributed by atoms with Crippen molar-refractivity contribution in [3.05, 3.63) is 71.3 Å². The van der Waals surface area contributed by atoms with E-state index in [4.69, 9.17) is 22.3 Å². The van der Waals surface area contributed by atoms with Gasteiger partial charge in [0.2, 0.25) is 5.95 Å². The van der Waals surface area contributed by atoms with Crippen LogP contribution in [0, 0.1) is 0 Å². The Morgan fingerprint density at radius 1 is 1.14 bits per heavy atom. The number of nitrogen functional groups attached to an aromatic ring is 1. The van der Waals surface area contributed by atoms with E-state index in [1.807, 2.05) is 55.8 Å². The third-order valence-corrected chi connectivity index (χ3v) is 9.23. The van der Waals surface area contributed by atoms with E-state index in [-0.39, 0.29) is 10.8 Å². The zero-order valence-corrected chi connectivity index (χ0v) is 22.7. The number of halogens is 1. The lowest BCUT2D eigenvalue weighted by molar-refractivity contribution is 0.514. The molecule has 0 fully saturated rings. The van der Waals surface area contributed by atoms with Gasteiger partial charge in [0.05, 0.1) is 16.0 Å². The molecular formula is C25H28ClN7OS2. The zero-order chi connectivity index (χ0) is 25.4. The Bertz CT molecular complexity index is 1390. The molecule has 5 rings (SSSR count). The van der Waals surface area contributed by atoms with Gasteiger partial charge in [0.1, 0.15) is 10.6 Å². The van der Waals surface area contributed by atoms with Gasteiger partial charge in [-0.05, 0) is 44.4 Å². The first-order chi connectivity index (χ1) is 17.2. The van der Waals surface area contributed by atoms with Crippen molar-refractivity contribution in [3.8, 4) is 0 Å². The molecule has 4 heterocycles. The van der Waals surface area contributed by atoms with Crippen molar-refractivity contribution < 1.29 is 4.55 Å². The van der Waals surface area contributed by atoms with Crippen molar-refractivity contribution in [2.45, 2.75) is 54.3 Å². The summed E-state index contributed by atoms with van der Waals surface area (Å²) in [5.74, 6) is 1.10. The molecule has 36 heavy (non-hydrogen) atoms. The summed E-state index contributed by atoms with van der Waals surface area (Å²) in [6.07, 6.45) is 7.95. The second kappa shape index (κ2) is 10.1. The number of nitrogens with two attached hydrogens (primary N) is 1. The molecule has 0 spiro atoms. The van der Waals surface area contributed by atoms with Gasteiger partial charge in [-0.25, -0.2) is 15.0 Å². The molecular weight excluding hydrogens is 514 g/mol. The van der Waals surface area contributed by atoms with E-state index >= 15 is 0 Å². The molecule has 0 bridgehead atoms. The van der Waals surface area contributed by atoms with E-state index in [0.717, 1.165) is 34.4 Å². The van der Waals surface area contributed by atoms with Crippen LogP contribution in [0.2, 0.25) is 5.02 Å². The highest BCUT2D eigenvalue weighted by atomic mass is 35.5. The van der Waals surface area contributed by atoms with E-state index in [0.29, 0.717) is 17.4 Å². The number of anilines is 2. The summed E-state index contributed by atoms with van der Waals surface area (Å²) in [6, 6.07) is 10.2. The van der Waals surface area contributed by atoms with Crippen LogP contribution in [0.15, 0.2) is 64.9 Å². The normalized spacial score (nSPS) is 17.1. The van der Waals surface area contributed by atoms with Gasteiger partial charge in [0.15, 0.2) is 5.65 Å². The van der Waals surface area contributed by atoms with Crippen molar-refractivity contribution in [3.63, 3.8) is 0 Å². The fraction of sp³-hybridized carbons (Fsp3) is 0.320. The third kappa shape index (κ3) is 5.01. The van der Waals surface area contributed by atoms with Crippen molar-refractivity contribution in [2.75, 3.05) is 17.2 Å². The number of imidazole rings is 1. The SMILES string of the molecule is CC(C)(C)[S@@+]([O-])N[C@H]1CCN(c2ncc(Sc3ccnc(N)c3Cl)c3nccn23)Cc2ccccc21. The minimum absolute atomic E-state index is 0.0151. The molecule has 11 heteroatoms. The first kappa shape index (κ1) is 25.2. The molecule has 0 saturated heterocycles. The van der Waals surface area contributed by atoms with Crippen molar-refractivity contribution in [2.24, 2.45) is 0 Å². The lowest BCUT2D eigenvalue weighted by Crippen LogP contribution is -2.41. The zero-order valence-electron chi connectivity index (χ0n) is 20.3. The van der Waals surface area contributed by atoms with Gasteiger partial charge in [-0.2, -0.15) is 0 Å². The van der Waals surface area contributed by atoms with Crippen molar-refractivity contribution >= 4 is 52.1 Å². The summed E-state index contributed by atoms with van der Waals surface area (Å²) >= 11 is 6.66. The highest BCUT2D eigenvalue weighted by Gasteiger charge is 2.32. The topological polar surface area (TPSA) is 107 Å². The van der Waals surface area contributed by atoms with Crippen LogP contribution >= 0.6 is 23.4 Å². The molecule has 2 atom stereocenters. The van der Waals surface area contributed by atoms with Gasteiger partial charge in [0, 0.05) is 54.1 Å². The van der Waals surface area contributed by atoms with Crippen LogP contribution in [0.4, 0.5) is 11.8 Å². The minimum Gasteiger partial charge on any atom is -0.598 e.